The van der Waals surface area contributed by atoms with Crippen LogP contribution in [0, 0.1) is 10.1 Å². The summed E-state index contributed by atoms with van der Waals surface area (Å²) in [4.78, 5) is 12.9. The molecule has 0 unspecified atom stereocenters. The first-order valence-corrected chi connectivity index (χ1v) is 6.57. The van der Waals surface area contributed by atoms with Gasteiger partial charge in [0.1, 0.15) is 11.4 Å². The van der Waals surface area contributed by atoms with Gasteiger partial charge in [-0.05, 0) is 6.07 Å². The van der Waals surface area contributed by atoms with Crippen LogP contribution >= 0.6 is 0 Å². The molecule has 1 aromatic carbocycles. The molecule has 1 aliphatic heterocycles. The van der Waals surface area contributed by atoms with Gasteiger partial charge in [-0.2, -0.15) is 0 Å². The van der Waals surface area contributed by atoms with Gasteiger partial charge in [0.05, 0.1) is 25.2 Å². The molecule has 1 saturated heterocycles. The lowest BCUT2D eigenvalue weighted by Crippen LogP contribution is -2.39. The summed E-state index contributed by atoms with van der Waals surface area (Å²) in [5, 5.41) is 14.1. The fourth-order valence-electron chi connectivity index (χ4n) is 2.12. The van der Waals surface area contributed by atoms with Crippen molar-refractivity contribution in [1.29, 1.82) is 0 Å². The number of morpholine rings is 1. The second-order valence-corrected chi connectivity index (χ2v) is 4.52. The quantitative estimate of drug-likeness (QED) is 0.626. The Kier molecular flexibility index (Phi) is 5.14. The number of methoxy groups -OCH3 is 1. The van der Waals surface area contributed by atoms with E-state index >= 15 is 0 Å². The molecule has 110 valence electrons. The first-order valence-electron chi connectivity index (χ1n) is 6.57. The predicted octanol–water partition coefficient (Wildman–Crippen LogP) is 1.35. The molecule has 0 aromatic heterocycles. The molecule has 1 fully saturated rings. The van der Waals surface area contributed by atoms with Crippen molar-refractivity contribution in [3.8, 4) is 5.75 Å². The highest BCUT2D eigenvalue weighted by Crippen LogP contribution is 2.28. The average molecular weight is 281 g/mol. The van der Waals surface area contributed by atoms with Crippen LogP contribution in [0.3, 0.4) is 0 Å². The van der Waals surface area contributed by atoms with Crippen molar-refractivity contribution in [2.45, 2.75) is 0 Å². The summed E-state index contributed by atoms with van der Waals surface area (Å²) >= 11 is 0. The highest BCUT2D eigenvalue weighted by Gasteiger charge is 2.15. The Morgan fingerprint density at radius 3 is 2.85 bits per heavy atom. The molecule has 7 heteroatoms. The second kappa shape index (κ2) is 7.06. The van der Waals surface area contributed by atoms with Crippen LogP contribution in [-0.4, -0.2) is 56.3 Å². The van der Waals surface area contributed by atoms with Gasteiger partial charge in [0.15, 0.2) is 0 Å². The van der Waals surface area contributed by atoms with Gasteiger partial charge in [-0.1, -0.05) is 0 Å². The summed E-state index contributed by atoms with van der Waals surface area (Å²) in [7, 11) is 1.54. The van der Waals surface area contributed by atoms with E-state index < -0.39 is 4.92 Å². The highest BCUT2D eigenvalue weighted by molar-refractivity contribution is 5.64. The zero-order valence-electron chi connectivity index (χ0n) is 11.5. The van der Waals surface area contributed by atoms with E-state index in [1.807, 2.05) is 0 Å². The van der Waals surface area contributed by atoms with Crippen molar-refractivity contribution < 1.29 is 14.4 Å². The summed E-state index contributed by atoms with van der Waals surface area (Å²) in [6.07, 6.45) is 0. The van der Waals surface area contributed by atoms with Crippen molar-refractivity contribution in [2.24, 2.45) is 0 Å². The maximum Gasteiger partial charge on any atom is 0.292 e. The number of hydrogen-bond donors (Lipinski definition) is 1. The van der Waals surface area contributed by atoms with E-state index in [-0.39, 0.29) is 5.69 Å². The summed E-state index contributed by atoms with van der Waals surface area (Å²) in [6.45, 7) is 4.79. The van der Waals surface area contributed by atoms with Gasteiger partial charge in [0.2, 0.25) is 0 Å². The molecule has 1 N–H and O–H groups in total. The van der Waals surface area contributed by atoms with E-state index in [9.17, 15) is 10.1 Å². The average Bonchev–Trinajstić information content (AvgIpc) is 2.48. The molecular weight excluding hydrogens is 262 g/mol. The minimum atomic E-state index is -0.392. The van der Waals surface area contributed by atoms with Gasteiger partial charge in [-0.3, -0.25) is 15.0 Å². The van der Waals surface area contributed by atoms with Crippen LogP contribution in [0.1, 0.15) is 0 Å². The van der Waals surface area contributed by atoms with Crippen LogP contribution in [0.15, 0.2) is 18.2 Å². The van der Waals surface area contributed by atoms with Crippen LogP contribution in [0.5, 0.6) is 5.75 Å². The standard InChI is InChI=1S/C13H19N3O4/c1-19-11-2-3-13(16(17)18)12(10-11)14-4-5-15-6-8-20-9-7-15/h2-3,10,14H,4-9H2,1H3. The molecule has 0 saturated carbocycles. The van der Waals surface area contributed by atoms with E-state index in [4.69, 9.17) is 9.47 Å². The van der Waals surface area contributed by atoms with Crippen molar-refractivity contribution in [2.75, 3.05) is 51.8 Å². The number of ether oxygens (including phenoxy) is 2. The zero-order valence-corrected chi connectivity index (χ0v) is 11.5. The van der Waals surface area contributed by atoms with Crippen LogP contribution in [0.4, 0.5) is 11.4 Å². The van der Waals surface area contributed by atoms with Gasteiger partial charge in [-0.25, -0.2) is 0 Å². The summed E-state index contributed by atoms with van der Waals surface area (Å²) < 4.78 is 10.4. The summed E-state index contributed by atoms with van der Waals surface area (Å²) in [5.41, 5.74) is 0.551. The third-order valence-corrected chi connectivity index (χ3v) is 3.25. The maximum absolute atomic E-state index is 11.0. The van der Waals surface area contributed by atoms with E-state index in [0.717, 1.165) is 32.8 Å². The number of nitrogens with one attached hydrogen (secondary N) is 1. The Balaban J connectivity index is 1.94. The topological polar surface area (TPSA) is 76.9 Å². The maximum atomic E-state index is 11.0. The minimum Gasteiger partial charge on any atom is -0.497 e. The van der Waals surface area contributed by atoms with Crippen LogP contribution in [0.2, 0.25) is 0 Å². The van der Waals surface area contributed by atoms with E-state index in [2.05, 4.69) is 10.2 Å². The monoisotopic (exact) mass is 281 g/mol. The number of nitrogens with zero attached hydrogens (tertiary/aromatic N) is 2. The van der Waals surface area contributed by atoms with Crippen molar-refractivity contribution in [1.82, 2.24) is 4.90 Å². The lowest BCUT2D eigenvalue weighted by molar-refractivity contribution is -0.384. The zero-order chi connectivity index (χ0) is 14.4. The van der Waals surface area contributed by atoms with Gasteiger partial charge < -0.3 is 14.8 Å². The molecule has 0 aliphatic carbocycles. The number of anilines is 1. The first kappa shape index (κ1) is 14.5. The molecule has 0 amide bonds. The van der Waals surface area contributed by atoms with Crippen LogP contribution < -0.4 is 10.1 Å². The molecule has 0 spiro atoms. The SMILES string of the molecule is COc1ccc([N+](=O)[O-])c(NCCN2CCOCC2)c1. The summed E-state index contributed by atoms with van der Waals surface area (Å²) in [6, 6.07) is 4.69. The molecule has 0 atom stereocenters. The predicted molar refractivity (Wildman–Crippen MR) is 75.4 cm³/mol. The molecule has 2 rings (SSSR count). The normalized spacial score (nSPS) is 15.8. The van der Waals surface area contributed by atoms with Gasteiger partial charge in [0.25, 0.3) is 5.69 Å². The first-order chi connectivity index (χ1) is 9.70. The number of benzene rings is 1. The number of rotatable bonds is 6. The minimum absolute atomic E-state index is 0.0628. The Morgan fingerprint density at radius 1 is 1.45 bits per heavy atom. The second-order valence-electron chi connectivity index (χ2n) is 4.52. The third kappa shape index (κ3) is 3.82. The highest BCUT2D eigenvalue weighted by atomic mass is 16.6. The van der Waals surface area contributed by atoms with Crippen molar-refractivity contribution in [3.05, 3.63) is 28.3 Å². The van der Waals surface area contributed by atoms with Crippen LogP contribution in [-0.2, 0) is 4.74 Å². The Hall–Kier alpha value is -1.86. The molecular formula is C13H19N3O4. The van der Waals surface area contributed by atoms with E-state index in [1.54, 1.807) is 19.2 Å². The number of nitro benzene ring substituents is 1. The summed E-state index contributed by atoms with van der Waals surface area (Å²) in [5.74, 6) is 0.601. The fourth-order valence-corrected chi connectivity index (χ4v) is 2.12. The third-order valence-electron chi connectivity index (χ3n) is 3.25. The molecule has 0 bridgehead atoms. The van der Waals surface area contributed by atoms with Gasteiger partial charge in [0, 0.05) is 38.3 Å². The van der Waals surface area contributed by atoms with Crippen LogP contribution in [0.25, 0.3) is 0 Å². The molecule has 7 nitrogen and oxygen atoms in total. The lowest BCUT2D eigenvalue weighted by Gasteiger charge is -2.26. The molecule has 1 aliphatic rings. The Bertz CT molecular complexity index is 461. The van der Waals surface area contributed by atoms with Crippen molar-refractivity contribution in [3.63, 3.8) is 0 Å². The van der Waals surface area contributed by atoms with E-state index in [1.165, 1.54) is 6.07 Å². The number of nitro groups is 1. The molecule has 20 heavy (non-hydrogen) atoms. The van der Waals surface area contributed by atoms with Gasteiger partial charge >= 0.3 is 0 Å². The molecule has 1 heterocycles. The van der Waals surface area contributed by atoms with Gasteiger partial charge in [-0.15, -0.1) is 0 Å². The smallest absolute Gasteiger partial charge is 0.292 e. The molecule has 0 radical (unpaired) electrons. The van der Waals surface area contributed by atoms with Crippen molar-refractivity contribution >= 4 is 11.4 Å². The Labute approximate surface area is 117 Å². The largest absolute Gasteiger partial charge is 0.497 e. The number of hydrogen-bond acceptors (Lipinski definition) is 6. The lowest BCUT2D eigenvalue weighted by atomic mass is 10.2. The van der Waals surface area contributed by atoms with E-state index in [0.29, 0.717) is 18.0 Å². The fraction of sp³-hybridized carbons (Fsp3) is 0.538. The Morgan fingerprint density at radius 2 is 2.20 bits per heavy atom. The molecule has 1 aromatic rings.